The average molecular weight is 513 g/mol. The zero-order valence-electron chi connectivity index (χ0n) is 20.2. The predicted octanol–water partition coefficient (Wildman–Crippen LogP) is 3.97. The second-order valence-corrected chi connectivity index (χ2v) is 8.83. The van der Waals surface area contributed by atoms with Crippen LogP contribution < -0.4 is 10.1 Å². The Bertz CT molecular complexity index is 1310. The van der Waals surface area contributed by atoms with Gasteiger partial charge < -0.3 is 15.2 Å². The van der Waals surface area contributed by atoms with Crippen LogP contribution in [-0.2, 0) is 14.4 Å². The number of carboxylic acids is 1. The fraction of sp³-hybridized carbons (Fsp3) is 0.296. The second kappa shape index (κ2) is 12.2. The summed E-state index contributed by atoms with van der Waals surface area (Å²) in [6.07, 6.45) is -1.00. The van der Waals surface area contributed by atoms with Crippen LogP contribution in [0.25, 0.3) is 10.9 Å². The molecule has 3 aromatic rings. The molecule has 2 atom stereocenters. The van der Waals surface area contributed by atoms with Gasteiger partial charge in [-0.2, -0.15) is 0 Å². The molecule has 8 nitrogen and oxygen atoms in total. The fourth-order valence-corrected chi connectivity index (χ4v) is 3.72. The largest absolute Gasteiger partial charge is 0.481 e. The number of carboxylic acid groups (broad SMARTS) is 1. The van der Waals surface area contributed by atoms with E-state index in [1.165, 1.54) is 0 Å². The summed E-state index contributed by atoms with van der Waals surface area (Å²) in [5, 5.41) is 12.4. The van der Waals surface area contributed by atoms with Gasteiger partial charge >= 0.3 is 5.97 Å². The van der Waals surface area contributed by atoms with Gasteiger partial charge in [0.05, 0.1) is 11.9 Å². The minimum absolute atomic E-state index is 0.177. The summed E-state index contributed by atoms with van der Waals surface area (Å²) in [4.78, 5) is 54.3. The summed E-state index contributed by atoms with van der Waals surface area (Å²) < 4.78 is 32.5. The Labute approximate surface area is 211 Å². The van der Waals surface area contributed by atoms with Crippen LogP contribution >= 0.6 is 0 Å². The number of Topliss-reactive ketones (excluding diaryl/α,β-unsaturated/α-hetero) is 2. The van der Waals surface area contributed by atoms with Crippen molar-refractivity contribution in [3.05, 3.63) is 71.9 Å². The summed E-state index contributed by atoms with van der Waals surface area (Å²) in [7, 11) is 0. The van der Waals surface area contributed by atoms with Crippen LogP contribution in [0.4, 0.5) is 8.78 Å². The normalized spacial score (nSPS) is 12.7. The number of amides is 1. The first-order valence-electron chi connectivity index (χ1n) is 11.6. The molecule has 1 aromatic heterocycles. The SMILES string of the molecule is CC(C)C(CC(=O)c1ccc2ccccc2n1)C(=O)NC(CC(=O)O)C(=O)COc1c(F)cccc1F. The third kappa shape index (κ3) is 7.16. The van der Waals surface area contributed by atoms with Gasteiger partial charge in [-0.15, -0.1) is 0 Å². The van der Waals surface area contributed by atoms with Crippen molar-refractivity contribution in [1.29, 1.82) is 0 Å². The number of benzene rings is 2. The van der Waals surface area contributed by atoms with Crippen LogP contribution in [0.15, 0.2) is 54.6 Å². The molecule has 2 N–H and O–H groups in total. The molecule has 2 aromatic carbocycles. The minimum Gasteiger partial charge on any atom is -0.481 e. The highest BCUT2D eigenvalue weighted by atomic mass is 19.1. The van der Waals surface area contributed by atoms with Crippen molar-refractivity contribution in [1.82, 2.24) is 10.3 Å². The molecule has 0 fully saturated rings. The van der Waals surface area contributed by atoms with Gasteiger partial charge in [0.15, 0.2) is 29.0 Å². The lowest BCUT2D eigenvalue weighted by molar-refractivity contribution is -0.141. The van der Waals surface area contributed by atoms with Gasteiger partial charge in [-0.25, -0.2) is 13.8 Å². The molecule has 0 bridgehead atoms. The number of carbonyl (C=O) groups is 4. The molecular weight excluding hydrogens is 486 g/mol. The number of pyridine rings is 1. The molecule has 3 rings (SSSR count). The van der Waals surface area contributed by atoms with E-state index in [2.05, 4.69) is 10.3 Å². The Kier molecular flexibility index (Phi) is 9.00. The number of carbonyl (C=O) groups excluding carboxylic acids is 3. The lowest BCUT2D eigenvalue weighted by Crippen LogP contribution is -2.47. The maximum absolute atomic E-state index is 13.8. The first-order chi connectivity index (χ1) is 17.6. The van der Waals surface area contributed by atoms with E-state index >= 15 is 0 Å². The first kappa shape index (κ1) is 27.4. The van der Waals surface area contributed by atoms with E-state index in [1.54, 1.807) is 38.1 Å². The Morgan fingerprint density at radius 1 is 0.946 bits per heavy atom. The van der Waals surface area contributed by atoms with Crippen molar-refractivity contribution in [2.75, 3.05) is 6.61 Å². The van der Waals surface area contributed by atoms with E-state index in [4.69, 9.17) is 4.74 Å². The van der Waals surface area contributed by atoms with Crippen molar-refractivity contribution >= 4 is 34.3 Å². The van der Waals surface area contributed by atoms with E-state index in [9.17, 15) is 33.1 Å². The Balaban J connectivity index is 1.71. The Morgan fingerprint density at radius 2 is 1.62 bits per heavy atom. The summed E-state index contributed by atoms with van der Waals surface area (Å²) >= 11 is 0. The number of hydrogen-bond acceptors (Lipinski definition) is 6. The third-order valence-corrected chi connectivity index (χ3v) is 5.79. The molecule has 0 aliphatic carbocycles. The molecule has 0 aliphatic rings. The number of aromatic nitrogens is 1. The molecule has 37 heavy (non-hydrogen) atoms. The van der Waals surface area contributed by atoms with Gasteiger partial charge in [-0.1, -0.05) is 44.2 Å². The van der Waals surface area contributed by atoms with E-state index < -0.39 is 60.0 Å². The maximum atomic E-state index is 13.8. The van der Waals surface area contributed by atoms with E-state index in [-0.39, 0.29) is 23.8 Å². The topological polar surface area (TPSA) is 123 Å². The van der Waals surface area contributed by atoms with Gasteiger partial charge in [-0.05, 0) is 30.2 Å². The number of aliphatic carboxylic acids is 1. The number of fused-ring (bicyclic) bond motifs is 1. The molecule has 0 saturated carbocycles. The van der Waals surface area contributed by atoms with Crippen LogP contribution in [0.3, 0.4) is 0 Å². The van der Waals surface area contributed by atoms with Crippen molar-refractivity contribution in [2.45, 2.75) is 32.7 Å². The fourth-order valence-electron chi connectivity index (χ4n) is 3.72. The van der Waals surface area contributed by atoms with E-state index in [0.29, 0.717) is 5.52 Å². The summed E-state index contributed by atoms with van der Waals surface area (Å²) in [6.45, 7) is 2.55. The van der Waals surface area contributed by atoms with Crippen LogP contribution in [0.5, 0.6) is 5.75 Å². The third-order valence-electron chi connectivity index (χ3n) is 5.79. The first-order valence-corrected chi connectivity index (χ1v) is 11.6. The standard InChI is InChI=1S/C27H26F2N2O6/c1-15(2)17(12-23(32)21-11-10-16-6-3-4-9-20(16)30-21)27(36)31-22(13-25(34)35)24(33)14-37-26-18(28)7-5-8-19(26)29/h3-11,15,17,22H,12-14H2,1-2H3,(H,31,36)(H,34,35). The smallest absolute Gasteiger partial charge is 0.305 e. The lowest BCUT2D eigenvalue weighted by Gasteiger charge is -2.23. The highest BCUT2D eigenvalue weighted by Crippen LogP contribution is 2.22. The quantitative estimate of drug-likeness (QED) is 0.352. The van der Waals surface area contributed by atoms with Crippen LogP contribution in [0, 0.1) is 23.5 Å². The molecular formula is C27H26F2N2O6. The zero-order chi connectivity index (χ0) is 27.1. The van der Waals surface area contributed by atoms with Crippen LogP contribution in [-0.4, -0.2) is 46.2 Å². The predicted molar refractivity (Wildman–Crippen MR) is 130 cm³/mol. The molecule has 0 spiro atoms. The average Bonchev–Trinajstić information content (AvgIpc) is 2.85. The van der Waals surface area contributed by atoms with Gasteiger partial charge in [-0.3, -0.25) is 19.2 Å². The Hall–Kier alpha value is -4.21. The van der Waals surface area contributed by atoms with Crippen molar-refractivity contribution in [2.24, 2.45) is 11.8 Å². The number of ketones is 2. The Morgan fingerprint density at radius 3 is 2.27 bits per heavy atom. The van der Waals surface area contributed by atoms with Crippen LogP contribution in [0.2, 0.25) is 0 Å². The number of nitrogens with one attached hydrogen (secondary N) is 1. The highest BCUT2D eigenvalue weighted by Gasteiger charge is 2.31. The van der Waals surface area contributed by atoms with Crippen LogP contribution in [0.1, 0.15) is 37.2 Å². The number of ether oxygens (including phenoxy) is 1. The molecule has 0 radical (unpaired) electrons. The van der Waals surface area contributed by atoms with Gasteiger partial charge in [0.25, 0.3) is 0 Å². The summed E-state index contributed by atoms with van der Waals surface area (Å²) in [6, 6.07) is 12.0. The number of hydrogen-bond donors (Lipinski definition) is 2. The summed E-state index contributed by atoms with van der Waals surface area (Å²) in [5.74, 6) is -7.47. The molecule has 0 saturated heterocycles. The molecule has 1 amide bonds. The minimum atomic E-state index is -1.53. The van der Waals surface area contributed by atoms with Gasteiger partial charge in [0.2, 0.25) is 5.91 Å². The molecule has 1 heterocycles. The van der Waals surface area contributed by atoms with Crippen molar-refractivity contribution < 1.29 is 37.8 Å². The maximum Gasteiger partial charge on any atom is 0.305 e. The molecule has 10 heteroatoms. The van der Waals surface area contributed by atoms with Crippen molar-refractivity contribution in [3.63, 3.8) is 0 Å². The highest BCUT2D eigenvalue weighted by molar-refractivity contribution is 6.00. The van der Waals surface area contributed by atoms with Gasteiger partial charge in [0, 0.05) is 17.7 Å². The van der Waals surface area contributed by atoms with E-state index in [1.807, 2.05) is 12.1 Å². The second-order valence-electron chi connectivity index (χ2n) is 8.83. The van der Waals surface area contributed by atoms with Crippen molar-refractivity contribution in [3.8, 4) is 5.75 Å². The number of halogens is 2. The molecule has 2 unspecified atom stereocenters. The zero-order valence-corrected chi connectivity index (χ0v) is 20.2. The number of rotatable bonds is 12. The lowest BCUT2D eigenvalue weighted by atomic mass is 9.88. The van der Waals surface area contributed by atoms with Gasteiger partial charge in [0.1, 0.15) is 18.3 Å². The van der Waals surface area contributed by atoms with E-state index in [0.717, 1.165) is 23.6 Å². The monoisotopic (exact) mass is 512 g/mol. The summed E-state index contributed by atoms with van der Waals surface area (Å²) in [5.41, 5.74) is 0.799. The molecule has 0 aliphatic heterocycles. The number of para-hydroxylation sites is 2. The molecule has 194 valence electrons. The number of nitrogens with zero attached hydrogens (tertiary/aromatic N) is 1.